The van der Waals surface area contributed by atoms with Crippen molar-refractivity contribution in [2.24, 2.45) is 4.99 Å². The number of aliphatic imine (C=N–C) groups is 1. The molecule has 0 radical (unpaired) electrons. The van der Waals surface area contributed by atoms with Crippen molar-refractivity contribution in [1.29, 1.82) is 0 Å². The van der Waals surface area contributed by atoms with E-state index in [0.29, 0.717) is 41.8 Å². The number of nitrogens with zero attached hydrogens (tertiary/aromatic N) is 2. The van der Waals surface area contributed by atoms with Gasteiger partial charge in [-0.2, -0.15) is 26.3 Å². The Morgan fingerprint density at radius 2 is 1.00 bits per heavy atom. The first-order chi connectivity index (χ1) is 29.1. The van der Waals surface area contributed by atoms with Crippen molar-refractivity contribution in [3.63, 3.8) is 0 Å². The number of hydrogen-bond donors (Lipinski definition) is 1. The predicted octanol–water partition coefficient (Wildman–Crippen LogP) is 13.6. The van der Waals surface area contributed by atoms with Crippen LogP contribution in [0.1, 0.15) is 40.3 Å². The molecule has 0 saturated heterocycles. The van der Waals surface area contributed by atoms with Crippen LogP contribution in [0.2, 0.25) is 0 Å². The summed E-state index contributed by atoms with van der Waals surface area (Å²) < 4.78 is 212. The van der Waals surface area contributed by atoms with Crippen LogP contribution in [0.15, 0.2) is 89.9 Å². The summed E-state index contributed by atoms with van der Waals surface area (Å²) in [5.74, 6) is -18.5. The van der Waals surface area contributed by atoms with Gasteiger partial charge in [0, 0.05) is 29.7 Å². The number of nitrogens with one attached hydrogen (secondary N) is 1. The number of aromatic amines is 1. The second-order valence-corrected chi connectivity index (χ2v) is 14.8. The van der Waals surface area contributed by atoms with Crippen LogP contribution in [0.25, 0.3) is 44.7 Å². The van der Waals surface area contributed by atoms with E-state index in [1.807, 2.05) is 19.1 Å². The maximum atomic E-state index is 15.6. The molecule has 0 saturated carbocycles. The number of rotatable bonds is 7. The third-order valence-electron chi connectivity index (χ3n) is 10.9. The average molecular weight is 874 g/mol. The van der Waals surface area contributed by atoms with Gasteiger partial charge in [-0.05, 0) is 71.5 Å². The summed E-state index contributed by atoms with van der Waals surface area (Å²) >= 11 is 0. The van der Waals surface area contributed by atoms with E-state index in [4.69, 9.17) is 0 Å². The minimum absolute atomic E-state index is 0.129. The van der Waals surface area contributed by atoms with Crippen molar-refractivity contribution in [2.45, 2.75) is 44.5 Å². The summed E-state index contributed by atoms with van der Waals surface area (Å²) in [6.45, 7) is 3.30. The second kappa shape index (κ2) is 14.8. The zero-order valence-electron chi connectivity index (χ0n) is 31.7. The van der Waals surface area contributed by atoms with Gasteiger partial charge in [0.15, 0.2) is 46.5 Å². The van der Waals surface area contributed by atoms with Gasteiger partial charge in [0.1, 0.15) is 5.82 Å². The molecule has 17 heteroatoms. The summed E-state index contributed by atoms with van der Waals surface area (Å²) in [5, 5.41) is 0. The fourth-order valence-electron chi connectivity index (χ4n) is 7.82. The second-order valence-electron chi connectivity index (χ2n) is 14.8. The molecule has 0 aliphatic carbocycles. The van der Waals surface area contributed by atoms with Crippen LogP contribution in [0, 0.1) is 53.5 Å². The van der Waals surface area contributed by atoms with Gasteiger partial charge >= 0.3 is 12.4 Å². The first-order valence-corrected chi connectivity index (χ1v) is 18.3. The quantitative estimate of drug-likeness (QED) is 0.126. The first-order valence-electron chi connectivity index (χ1n) is 18.3. The van der Waals surface area contributed by atoms with Crippen molar-refractivity contribution in [1.82, 2.24) is 9.97 Å². The number of halogens is 14. The fourth-order valence-corrected chi connectivity index (χ4v) is 7.82. The SMILES string of the molecule is CC1=Nc2ccc(-c3ccc4nc(-c5c(F)c(F)c(Cc6c(F)c(F)c(-c7ccc(C(c8ccc(C)cc8)(C(F)(F)F)C(F)(F)F)cc7)c(F)c6F)c(F)c5F)[nH]c4c3)cc2C1. The molecule has 1 aromatic heterocycles. The zero-order valence-corrected chi connectivity index (χ0v) is 31.7. The Kier molecular flexibility index (Phi) is 10.1. The zero-order chi connectivity index (χ0) is 44.8. The molecule has 1 aliphatic rings. The Labute approximate surface area is 341 Å². The van der Waals surface area contributed by atoms with Crippen LogP contribution >= 0.6 is 0 Å². The standard InChI is InChI=1S/C45H25F14N3/c1-19-3-9-25(10-4-19)43(44(54,55)56,45(57,58)59)26-11-5-21(6-12-26)32-38(50)34(46)27(35(47)39(32)51)18-28-36(48)40(52)33(41(53)37(28)49)42-61-30-14-8-23(17-31(30)62-42)22-7-13-29-24(16-22)15-20(2)60-29/h3-14,16-17H,15,18H2,1-2H3,(H,61,62). The van der Waals surface area contributed by atoms with E-state index in [1.165, 1.54) is 13.0 Å². The number of aromatic nitrogens is 2. The predicted molar refractivity (Wildman–Crippen MR) is 202 cm³/mol. The van der Waals surface area contributed by atoms with Gasteiger partial charge in [0.2, 0.25) is 5.41 Å². The van der Waals surface area contributed by atoms with Crippen molar-refractivity contribution in [2.75, 3.05) is 0 Å². The highest BCUT2D eigenvalue weighted by Gasteiger charge is 2.72. The molecule has 0 unspecified atom stereocenters. The fraction of sp³-hybridized carbons (Fsp3) is 0.156. The summed E-state index contributed by atoms with van der Waals surface area (Å²) in [7, 11) is 0. The number of fused-ring (bicyclic) bond motifs is 2. The third kappa shape index (κ3) is 6.59. The van der Waals surface area contributed by atoms with Crippen LogP contribution in [-0.2, 0) is 18.3 Å². The largest absolute Gasteiger partial charge is 0.411 e. The Balaban J connectivity index is 1.13. The monoisotopic (exact) mass is 873 g/mol. The minimum Gasteiger partial charge on any atom is -0.338 e. The highest BCUT2D eigenvalue weighted by molar-refractivity contribution is 5.93. The van der Waals surface area contributed by atoms with Gasteiger partial charge in [0.05, 0.1) is 27.8 Å². The van der Waals surface area contributed by atoms with Gasteiger partial charge in [-0.3, -0.25) is 4.99 Å². The van der Waals surface area contributed by atoms with Crippen molar-refractivity contribution < 1.29 is 61.5 Å². The van der Waals surface area contributed by atoms with E-state index in [9.17, 15) is 26.3 Å². The molecule has 62 heavy (non-hydrogen) atoms. The van der Waals surface area contributed by atoms with E-state index in [-0.39, 0.29) is 23.2 Å². The molecular weight excluding hydrogens is 848 g/mol. The molecule has 0 atom stereocenters. The van der Waals surface area contributed by atoms with Crippen LogP contribution in [0.3, 0.4) is 0 Å². The van der Waals surface area contributed by atoms with E-state index in [0.717, 1.165) is 34.7 Å². The van der Waals surface area contributed by atoms with Crippen molar-refractivity contribution in [3.8, 4) is 33.6 Å². The topological polar surface area (TPSA) is 41.0 Å². The molecule has 1 aliphatic heterocycles. The van der Waals surface area contributed by atoms with Crippen LogP contribution < -0.4 is 0 Å². The Morgan fingerprint density at radius 3 is 1.53 bits per heavy atom. The molecule has 0 amide bonds. The minimum atomic E-state index is -6.03. The molecule has 1 N–H and O–H groups in total. The Hall–Kier alpha value is -6.52. The smallest absolute Gasteiger partial charge is 0.338 e. The van der Waals surface area contributed by atoms with E-state index in [2.05, 4.69) is 15.0 Å². The first kappa shape index (κ1) is 42.2. The average Bonchev–Trinajstić information content (AvgIpc) is 3.81. The molecule has 2 heterocycles. The summed E-state index contributed by atoms with van der Waals surface area (Å²) in [5.41, 5.74) is -9.95. The molecule has 0 spiro atoms. The Morgan fingerprint density at radius 1 is 0.532 bits per heavy atom. The van der Waals surface area contributed by atoms with Gasteiger partial charge in [-0.1, -0.05) is 66.2 Å². The molecule has 3 nitrogen and oxygen atoms in total. The maximum absolute atomic E-state index is 15.6. The van der Waals surface area contributed by atoms with Crippen molar-refractivity contribution >= 4 is 22.4 Å². The maximum Gasteiger partial charge on any atom is 0.411 e. The third-order valence-corrected chi connectivity index (χ3v) is 10.9. The van der Waals surface area contributed by atoms with Crippen molar-refractivity contribution in [3.05, 3.63) is 165 Å². The summed E-state index contributed by atoms with van der Waals surface area (Å²) in [6.07, 6.45) is -13.2. The number of H-pyrrole nitrogens is 1. The lowest BCUT2D eigenvalue weighted by Crippen LogP contribution is -2.54. The van der Waals surface area contributed by atoms with E-state index in [1.54, 1.807) is 18.2 Å². The van der Waals surface area contributed by atoms with Crippen LogP contribution in [0.5, 0.6) is 0 Å². The highest BCUT2D eigenvalue weighted by Crippen LogP contribution is 2.56. The molecule has 6 aromatic carbocycles. The van der Waals surface area contributed by atoms with E-state index >= 15 is 35.1 Å². The van der Waals surface area contributed by atoms with Crippen LogP contribution in [0.4, 0.5) is 67.2 Å². The number of imidazole rings is 1. The number of alkyl halides is 6. The summed E-state index contributed by atoms with van der Waals surface area (Å²) in [4.78, 5) is 11.1. The Bertz CT molecular complexity index is 2910. The lowest BCUT2D eigenvalue weighted by Gasteiger charge is -2.38. The number of hydrogen-bond acceptors (Lipinski definition) is 2. The van der Waals surface area contributed by atoms with Gasteiger partial charge < -0.3 is 4.98 Å². The number of benzene rings is 6. The molecule has 0 bridgehead atoms. The molecule has 318 valence electrons. The van der Waals surface area contributed by atoms with E-state index < -0.39 is 115 Å². The van der Waals surface area contributed by atoms with Gasteiger partial charge in [-0.15, -0.1) is 0 Å². The molecule has 0 fully saturated rings. The highest BCUT2D eigenvalue weighted by atomic mass is 19.4. The molecular formula is C45H25F14N3. The summed E-state index contributed by atoms with van der Waals surface area (Å²) in [6, 6.07) is 14.6. The molecule has 7 aromatic rings. The van der Waals surface area contributed by atoms with Gasteiger partial charge in [0.25, 0.3) is 0 Å². The molecule has 8 rings (SSSR count). The lowest BCUT2D eigenvalue weighted by atomic mass is 9.72. The number of aryl methyl sites for hydroxylation is 1. The van der Waals surface area contributed by atoms with Crippen LogP contribution in [-0.4, -0.2) is 28.0 Å². The van der Waals surface area contributed by atoms with Gasteiger partial charge in [-0.25, -0.2) is 40.1 Å². The lowest BCUT2D eigenvalue weighted by molar-refractivity contribution is -0.288. The normalized spacial score (nSPS) is 13.3.